The summed E-state index contributed by atoms with van der Waals surface area (Å²) in [5, 5.41) is 6.94. The fourth-order valence-corrected chi connectivity index (χ4v) is 1.61. The first kappa shape index (κ1) is 9.93. The van der Waals surface area contributed by atoms with Gasteiger partial charge in [-0.2, -0.15) is 5.10 Å². The summed E-state index contributed by atoms with van der Waals surface area (Å²) >= 11 is 0. The van der Waals surface area contributed by atoms with E-state index in [2.05, 4.69) is 34.5 Å². The van der Waals surface area contributed by atoms with Gasteiger partial charge in [0.1, 0.15) is 0 Å². The molecule has 0 aliphatic heterocycles. The third-order valence-corrected chi connectivity index (χ3v) is 2.58. The summed E-state index contributed by atoms with van der Waals surface area (Å²) in [5.74, 6) is 0. The molecular formula is C12H15N3. The summed E-state index contributed by atoms with van der Waals surface area (Å²) in [6.45, 7) is 4.00. The van der Waals surface area contributed by atoms with Crippen molar-refractivity contribution in [1.82, 2.24) is 10.2 Å². The zero-order valence-corrected chi connectivity index (χ0v) is 8.99. The van der Waals surface area contributed by atoms with Crippen molar-refractivity contribution in [1.29, 1.82) is 0 Å². The molecule has 3 heteroatoms. The lowest BCUT2D eigenvalue weighted by molar-refractivity contribution is 0.818. The Morgan fingerprint density at radius 3 is 2.40 bits per heavy atom. The predicted molar refractivity (Wildman–Crippen MR) is 61.4 cm³/mol. The van der Waals surface area contributed by atoms with Gasteiger partial charge in [0.2, 0.25) is 0 Å². The SMILES string of the molecule is Cc1[nH]ncc1-c1ccc(C(C)N)cc1. The Bertz CT molecular complexity index is 440. The van der Waals surface area contributed by atoms with Crippen molar-refractivity contribution in [2.24, 2.45) is 5.73 Å². The van der Waals surface area contributed by atoms with Gasteiger partial charge >= 0.3 is 0 Å². The lowest BCUT2D eigenvalue weighted by atomic mass is 10.0. The first-order valence-corrected chi connectivity index (χ1v) is 5.04. The second-order valence-corrected chi connectivity index (χ2v) is 3.82. The van der Waals surface area contributed by atoms with Crippen LogP contribution in [-0.2, 0) is 0 Å². The van der Waals surface area contributed by atoms with Gasteiger partial charge in [0.25, 0.3) is 0 Å². The highest BCUT2D eigenvalue weighted by Gasteiger charge is 2.04. The smallest absolute Gasteiger partial charge is 0.0568 e. The first-order chi connectivity index (χ1) is 7.18. The van der Waals surface area contributed by atoms with E-state index in [1.54, 1.807) is 0 Å². The van der Waals surface area contributed by atoms with Crippen molar-refractivity contribution >= 4 is 0 Å². The summed E-state index contributed by atoms with van der Waals surface area (Å²) < 4.78 is 0. The molecule has 1 atom stereocenters. The molecule has 2 rings (SSSR count). The number of aromatic amines is 1. The van der Waals surface area contributed by atoms with E-state index in [9.17, 15) is 0 Å². The van der Waals surface area contributed by atoms with Gasteiger partial charge in [0, 0.05) is 17.3 Å². The summed E-state index contributed by atoms with van der Waals surface area (Å²) in [7, 11) is 0. The van der Waals surface area contributed by atoms with Crippen LogP contribution in [0.25, 0.3) is 11.1 Å². The van der Waals surface area contributed by atoms with Gasteiger partial charge in [0.05, 0.1) is 6.20 Å². The Kier molecular flexibility index (Phi) is 2.56. The molecule has 1 aromatic heterocycles. The number of benzene rings is 1. The Balaban J connectivity index is 2.36. The monoisotopic (exact) mass is 201 g/mol. The van der Waals surface area contributed by atoms with Crippen LogP contribution in [0.5, 0.6) is 0 Å². The fraction of sp³-hybridized carbons (Fsp3) is 0.250. The second-order valence-electron chi connectivity index (χ2n) is 3.82. The molecule has 1 unspecified atom stereocenters. The highest BCUT2D eigenvalue weighted by Crippen LogP contribution is 2.22. The number of nitrogens with zero attached hydrogens (tertiary/aromatic N) is 1. The third kappa shape index (κ3) is 1.92. The van der Waals surface area contributed by atoms with Crippen LogP contribution in [0.3, 0.4) is 0 Å². The van der Waals surface area contributed by atoms with E-state index in [1.165, 1.54) is 5.56 Å². The summed E-state index contributed by atoms with van der Waals surface area (Å²) in [6.07, 6.45) is 1.84. The number of aromatic nitrogens is 2. The van der Waals surface area contributed by atoms with Crippen molar-refractivity contribution in [2.45, 2.75) is 19.9 Å². The van der Waals surface area contributed by atoms with Crippen LogP contribution in [0.2, 0.25) is 0 Å². The molecule has 0 saturated heterocycles. The molecule has 15 heavy (non-hydrogen) atoms. The summed E-state index contributed by atoms with van der Waals surface area (Å²) in [5.41, 5.74) is 10.3. The van der Waals surface area contributed by atoms with E-state index in [0.29, 0.717) is 0 Å². The van der Waals surface area contributed by atoms with Gasteiger partial charge < -0.3 is 5.73 Å². The van der Waals surface area contributed by atoms with Crippen LogP contribution < -0.4 is 5.73 Å². The summed E-state index contributed by atoms with van der Waals surface area (Å²) in [4.78, 5) is 0. The number of nitrogens with two attached hydrogens (primary N) is 1. The molecule has 3 nitrogen and oxygen atoms in total. The standard InChI is InChI=1S/C12H15N3/c1-8(13)10-3-5-11(6-4-10)12-7-14-15-9(12)2/h3-8H,13H2,1-2H3,(H,14,15). The fourth-order valence-electron chi connectivity index (χ4n) is 1.61. The van der Waals surface area contributed by atoms with Crippen LogP contribution in [0, 0.1) is 6.92 Å². The maximum absolute atomic E-state index is 5.79. The van der Waals surface area contributed by atoms with E-state index in [0.717, 1.165) is 16.8 Å². The second kappa shape index (κ2) is 3.87. The zero-order valence-electron chi connectivity index (χ0n) is 8.99. The lowest BCUT2D eigenvalue weighted by Crippen LogP contribution is -2.04. The Morgan fingerprint density at radius 1 is 1.27 bits per heavy atom. The molecule has 1 heterocycles. The van der Waals surface area contributed by atoms with Gasteiger partial charge in [-0.25, -0.2) is 0 Å². The van der Waals surface area contributed by atoms with Crippen molar-refractivity contribution in [3.05, 3.63) is 41.7 Å². The number of hydrogen-bond donors (Lipinski definition) is 2. The number of hydrogen-bond acceptors (Lipinski definition) is 2. The molecule has 0 spiro atoms. The number of rotatable bonds is 2. The van der Waals surface area contributed by atoms with Gasteiger partial charge in [-0.15, -0.1) is 0 Å². The van der Waals surface area contributed by atoms with Gasteiger partial charge in [0.15, 0.2) is 0 Å². The highest BCUT2D eigenvalue weighted by molar-refractivity contribution is 5.65. The minimum Gasteiger partial charge on any atom is -0.324 e. The Morgan fingerprint density at radius 2 is 1.93 bits per heavy atom. The van der Waals surface area contributed by atoms with E-state index in [-0.39, 0.29) is 6.04 Å². The first-order valence-electron chi connectivity index (χ1n) is 5.04. The molecular weight excluding hydrogens is 186 g/mol. The molecule has 78 valence electrons. The van der Waals surface area contributed by atoms with Gasteiger partial charge in [-0.1, -0.05) is 24.3 Å². The molecule has 0 aliphatic rings. The van der Waals surface area contributed by atoms with Crippen LogP contribution in [0.4, 0.5) is 0 Å². The third-order valence-electron chi connectivity index (χ3n) is 2.58. The molecule has 0 radical (unpaired) electrons. The van der Waals surface area contributed by atoms with Crippen molar-refractivity contribution in [3.8, 4) is 11.1 Å². The largest absolute Gasteiger partial charge is 0.324 e. The Hall–Kier alpha value is -1.61. The topological polar surface area (TPSA) is 54.7 Å². The minimum absolute atomic E-state index is 0.0875. The van der Waals surface area contributed by atoms with Crippen molar-refractivity contribution in [2.75, 3.05) is 0 Å². The zero-order chi connectivity index (χ0) is 10.8. The molecule has 1 aromatic carbocycles. The maximum Gasteiger partial charge on any atom is 0.0568 e. The maximum atomic E-state index is 5.79. The highest BCUT2D eigenvalue weighted by atomic mass is 15.1. The van der Waals surface area contributed by atoms with Crippen LogP contribution in [-0.4, -0.2) is 10.2 Å². The molecule has 0 aliphatic carbocycles. The van der Waals surface area contributed by atoms with Crippen LogP contribution in [0.15, 0.2) is 30.5 Å². The number of aryl methyl sites for hydroxylation is 1. The van der Waals surface area contributed by atoms with Gasteiger partial charge in [-0.05, 0) is 25.0 Å². The molecule has 2 aromatic rings. The van der Waals surface area contributed by atoms with E-state index >= 15 is 0 Å². The van der Waals surface area contributed by atoms with E-state index in [4.69, 9.17) is 5.73 Å². The average Bonchev–Trinajstić information content (AvgIpc) is 2.65. The normalized spacial score (nSPS) is 12.7. The van der Waals surface area contributed by atoms with E-state index in [1.807, 2.05) is 20.0 Å². The van der Waals surface area contributed by atoms with Crippen LogP contribution in [0.1, 0.15) is 24.2 Å². The lowest BCUT2D eigenvalue weighted by Gasteiger charge is -2.06. The quantitative estimate of drug-likeness (QED) is 0.784. The summed E-state index contributed by atoms with van der Waals surface area (Å²) in [6, 6.07) is 8.37. The molecule has 3 N–H and O–H groups in total. The average molecular weight is 201 g/mol. The Labute approximate surface area is 89.3 Å². The van der Waals surface area contributed by atoms with Crippen molar-refractivity contribution in [3.63, 3.8) is 0 Å². The van der Waals surface area contributed by atoms with Crippen LogP contribution >= 0.6 is 0 Å². The molecule has 0 bridgehead atoms. The number of H-pyrrole nitrogens is 1. The predicted octanol–water partition coefficient (Wildman–Crippen LogP) is 2.40. The van der Waals surface area contributed by atoms with Crippen molar-refractivity contribution < 1.29 is 0 Å². The molecule has 0 fully saturated rings. The minimum atomic E-state index is 0.0875. The molecule has 0 amide bonds. The number of nitrogens with one attached hydrogen (secondary N) is 1. The molecule has 0 saturated carbocycles. The van der Waals surface area contributed by atoms with Gasteiger partial charge in [-0.3, -0.25) is 5.10 Å². The van der Waals surface area contributed by atoms with E-state index < -0.39 is 0 Å².